The minimum absolute atomic E-state index is 0.487. The maximum atomic E-state index is 6.17. The summed E-state index contributed by atoms with van der Waals surface area (Å²) >= 11 is 6.17. The van der Waals surface area contributed by atoms with Gasteiger partial charge in [0.05, 0.1) is 0 Å². The molecule has 0 aliphatic rings. The number of aromatic nitrogens is 4. The number of rotatable bonds is 2. The van der Waals surface area contributed by atoms with Gasteiger partial charge in [-0.15, -0.1) is 10.2 Å². The first-order valence-electron chi connectivity index (χ1n) is 6.59. The molecule has 0 saturated heterocycles. The first kappa shape index (κ1) is 13.1. The lowest BCUT2D eigenvalue weighted by Crippen LogP contribution is -2.00. The second-order valence-corrected chi connectivity index (χ2v) is 5.21. The van der Waals surface area contributed by atoms with Crippen LogP contribution in [-0.4, -0.2) is 19.8 Å². The monoisotopic (exact) mass is 286 g/mol. The van der Waals surface area contributed by atoms with Gasteiger partial charge in [-0.05, 0) is 31.4 Å². The van der Waals surface area contributed by atoms with Crippen molar-refractivity contribution in [2.24, 2.45) is 0 Å². The van der Waals surface area contributed by atoms with Crippen LogP contribution in [0.1, 0.15) is 23.6 Å². The highest BCUT2D eigenvalue weighted by molar-refractivity contribution is 6.30. The Morgan fingerprint density at radius 3 is 2.40 bits per heavy atom. The second-order valence-electron chi connectivity index (χ2n) is 4.85. The molecule has 3 aromatic rings. The normalized spacial score (nSPS) is 11.2. The third-order valence-corrected chi connectivity index (χ3v) is 4.02. The van der Waals surface area contributed by atoms with E-state index in [1.807, 2.05) is 26.0 Å². The lowest BCUT2D eigenvalue weighted by Gasteiger charge is -2.05. The summed E-state index contributed by atoms with van der Waals surface area (Å²) in [6.45, 7) is 6.06. The molecule has 0 unspecified atom stereocenters. The maximum absolute atomic E-state index is 6.17. The Morgan fingerprint density at radius 1 is 1.05 bits per heavy atom. The van der Waals surface area contributed by atoms with Crippen molar-refractivity contribution in [1.82, 2.24) is 19.8 Å². The molecule has 0 amide bonds. The van der Waals surface area contributed by atoms with Gasteiger partial charge in [-0.3, -0.25) is 0 Å². The molecular formula is C15H15ClN4. The van der Waals surface area contributed by atoms with Crippen molar-refractivity contribution in [2.75, 3.05) is 0 Å². The number of halogens is 1. The number of hydrogen-bond acceptors (Lipinski definition) is 3. The highest BCUT2D eigenvalue weighted by Crippen LogP contribution is 2.24. The summed E-state index contributed by atoms with van der Waals surface area (Å²) < 4.78 is 1.71. The van der Waals surface area contributed by atoms with Crippen LogP contribution in [0.25, 0.3) is 17.0 Å². The van der Waals surface area contributed by atoms with Crippen molar-refractivity contribution < 1.29 is 0 Å². The smallest absolute Gasteiger partial charge is 0.185 e. The molecule has 3 rings (SSSR count). The van der Waals surface area contributed by atoms with Crippen LogP contribution in [-0.2, 0) is 6.42 Å². The van der Waals surface area contributed by atoms with Gasteiger partial charge in [-0.2, -0.15) is 9.61 Å². The summed E-state index contributed by atoms with van der Waals surface area (Å²) in [6, 6.07) is 8.28. The molecule has 2 aromatic heterocycles. The minimum atomic E-state index is 0.487. The number of nitrogens with zero attached hydrogens (tertiary/aromatic N) is 4. The third kappa shape index (κ3) is 1.96. The van der Waals surface area contributed by atoms with Crippen molar-refractivity contribution in [2.45, 2.75) is 27.2 Å². The van der Waals surface area contributed by atoms with Gasteiger partial charge in [0.2, 0.25) is 0 Å². The zero-order valence-electron chi connectivity index (χ0n) is 11.7. The average molecular weight is 287 g/mol. The Balaban J connectivity index is 2.21. The molecule has 20 heavy (non-hydrogen) atoms. The van der Waals surface area contributed by atoms with Crippen molar-refractivity contribution in [3.8, 4) is 11.4 Å². The van der Waals surface area contributed by atoms with Gasteiger partial charge in [-0.1, -0.05) is 42.8 Å². The van der Waals surface area contributed by atoms with E-state index >= 15 is 0 Å². The van der Waals surface area contributed by atoms with Gasteiger partial charge < -0.3 is 0 Å². The lowest BCUT2D eigenvalue weighted by molar-refractivity contribution is 0.919. The Labute approximate surface area is 122 Å². The molecule has 0 fully saturated rings. The zero-order chi connectivity index (χ0) is 14.3. The minimum Gasteiger partial charge on any atom is -0.191 e. The van der Waals surface area contributed by atoms with Crippen molar-refractivity contribution in [3.05, 3.63) is 46.1 Å². The third-order valence-electron chi connectivity index (χ3n) is 3.66. The van der Waals surface area contributed by atoms with Gasteiger partial charge in [0.25, 0.3) is 0 Å². The largest absolute Gasteiger partial charge is 0.191 e. The average Bonchev–Trinajstić information content (AvgIpc) is 2.89. The van der Waals surface area contributed by atoms with E-state index in [9.17, 15) is 0 Å². The van der Waals surface area contributed by atoms with E-state index in [-0.39, 0.29) is 0 Å². The fraction of sp³-hybridized carbons (Fsp3) is 0.267. The van der Waals surface area contributed by atoms with Crippen LogP contribution in [0.15, 0.2) is 24.3 Å². The van der Waals surface area contributed by atoms with Crippen LogP contribution < -0.4 is 0 Å². The summed E-state index contributed by atoms with van der Waals surface area (Å²) in [5.41, 5.74) is 4.98. The van der Waals surface area contributed by atoms with Crippen LogP contribution in [0.3, 0.4) is 0 Å². The molecule has 0 bridgehead atoms. The lowest BCUT2D eigenvalue weighted by atomic mass is 10.1. The molecular weight excluding hydrogens is 272 g/mol. The van der Waals surface area contributed by atoms with Gasteiger partial charge in [0.15, 0.2) is 16.6 Å². The van der Waals surface area contributed by atoms with Crippen LogP contribution >= 0.6 is 11.6 Å². The fourth-order valence-corrected chi connectivity index (χ4v) is 2.38. The number of aryl methyl sites for hydroxylation is 2. The van der Waals surface area contributed by atoms with E-state index in [0.29, 0.717) is 11.0 Å². The Bertz CT molecular complexity index is 775. The molecule has 2 heterocycles. The Hall–Kier alpha value is -1.94. The van der Waals surface area contributed by atoms with E-state index in [0.717, 1.165) is 28.8 Å². The predicted molar refractivity (Wildman–Crippen MR) is 80.1 cm³/mol. The van der Waals surface area contributed by atoms with Crippen molar-refractivity contribution in [3.63, 3.8) is 0 Å². The highest BCUT2D eigenvalue weighted by Gasteiger charge is 2.14. The molecule has 4 nitrogen and oxygen atoms in total. The van der Waals surface area contributed by atoms with Gasteiger partial charge in [0.1, 0.15) is 0 Å². The maximum Gasteiger partial charge on any atom is 0.185 e. The SMILES string of the molecule is CCc1ccc(-c2nnc3c(C)c(C)c(Cl)nn23)cc1. The summed E-state index contributed by atoms with van der Waals surface area (Å²) in [6.07, 6.45) is 1.02. The quantitative estimate of drug-likeness (QED) is 0.722. The van der Waals surface area contributed by atoms with Gasteiger partial charge in [0, 0.05) is 11.1 Å². The fourth-order valence-electron chi connectivity index (χ4n) is 2.16. The van der Waals surface area contributed by atoms with E-state index in [1.165, 1.54) is 5.56 Å². The topological polar surface area (TPSA) is 43.1 Å². The van der Waals surface area contributed by atoms with E-state index < -0.39 is 0 Å². The Kier molecular flexibility index (Phi) is 3.18. The molecule has 0 aliphatic carbocycles. The van der Waals surface area contributed by atoms with Gasteiger partial charge >= 0.3 is 0 Å². The first-order valence-corrected chi connectivity index (χ1v) is 6.97. The summed E-state index contributed by atoms with van der Waals surface area (Å²) in [7, 11) is 0. The molecule has 0 spiro atoms. The molecule has 0 aliphatic heterocycles. The van der Waals surface area contributed by atoms with E-state index in [2.05, 4.69) is 34.4 Å². The first-order chi connectivity index (χ1) is 9.61. The number of benzene rings is 1. The van der Waals surface area contributed by atoms with Crippen LogP contribution in [0.5, 0.6) is 0 Å². The van der Waals surface area contributed by atoms with Crippen LogP contribution in [0, 0.1) is 13.8 Å². The predicted octanol–water partition coefficient (Wildman–Crippen LogP) is 3.62. The van der Waals surface area contributed by atoms with E-state index in [4.69, 9.17) is 11.6 Å². The van der Waals surface area contributed by atoms with Crippen molar-refractivity contribution >= 4 is 17.2 Å². The highest BCUT2D eigenvalue weighted by atomic mass is 35.5. The molecule has 1 aromatic carbocycles. The van der Waals surface area contributed by atoms with Gasteiger partial charge in [-0.25, -0.2) is 0 Å². The molecule has 0 N–H and O–H groups in total. The molecule has 5 heteroatoms. The van der Waals surface area contributed by atoms with Crippen LogP contribution in [0.2, 0.25) is 5.15 Å². The van der Waals surface area contributed by atoms with E-state index in [1.54, 1.807) is 4.52 Å². The zero-order valence-corrected chi connectivity index (χ0v) is 12.4. The number of hydrogen-bond donors (Lipinski definition) is 0. The molecule has 0 saturated carbocycles. The summed E-state index contributed by atoms with van der Waals surface area (Å²) in [5, 5.41) is 13.3. The Morgan fingerprint density at radius 2 is 1.75 bits per heavy atom. The standard InChI is InChI=1S/C15H15ClN4/c1-4-11-5-7-12(8-6-11)15-18-17-14-10(3)9(2)13(16)19-20(14)15/h5-8H,4H2,1-3H3. The molecule has 102 valence electrons. The van der Waals surface area contributed by atoms with Crippen molar-refractivity contribution in [1.29, 1.82) is 0 Å². The molecule has 0 radical (unpaired) electrons. The number of fused-ring (bicyclic) bond motifs is 1. The summed E-state index contributed by atoms with van der Waals surface area (Å²) in [4.78, 5) is 0. The second kappa shape index (κ2) is 4.87. The molecule has 0 atom stereocenters. The summed E-state index contributed by atoms with van der Waals surface area (Å²) in [5.74, 6) is 0.715. The van der Waals surface area contributed by atoms with Crippen LogP contribution in [0.4, 0.5) is 0 Å².